The summed E-state index contributed by atoms with van der Waals surface area (Å²) in [6.07, 6.45) is 1.40. The van der Waals surface area contributed by atoms with Crippen LogP contribution in [0.25, 0.3) is 10.1 Å². The highest BCUT2D eigenvalue weighted by atomic mass is 32.1. The van der Waals surface area contributed by atoms with E-state index in [1.54, 1.807) is 6.07 Å². The maximum absolute atomic E-state index is 13.7. The van der Waals surface area contributed by atoms with Gasteiger partial charge in [0.15, 0.2) is 0 Å². The van der Waals surface area contributed by atoms with Gasteiger partial charge in [0.25, 0.3) is 0 Å². The lowest BCUT2D eigenvalue weighted by atomic mass is 10.1. The average Bonchev–Trinajstić information content (AvgIpc) is 3.09. The fraction of sp³-hybridized carbons (Fsp3) is 0. The Labute approximate surface area is 151 Å². The monoisotopic (exact) mass is 366 g/mol. The minimum Gasteiger partial charge on any atom is -0.335 e. The van der Waals surface area contributed by atoms with Crippen LogP contribution in [0.15, 0.2) is 66.9 Å². The lowest BCUT2D eigenvalue weighted by Crippen LogP contribution is -2.02. The Kier molecular flexibility index (Phi) is 4.18. The molecule has 0 amide bonds. The molecule has 6 heteroatoms. The van der Waals surface area contributed by atoms with E-state index in [9.17, 15) is 13.6 Å². The molecule has 4 aromatic rings. The maximum Gasteiger partial charge on any atom is 0.204 e. The van der Waals surface area contributed by atoms with E-state index in [4.69, 9.17) is 0 Å². The highest BCUT2D eigenvalue weighted by molar-refractivity contribution is 7.21. The van der Waals surface area contributed by atoms with E-state index in [-0.39, 0.29) is 17.3 Å². The second-order valence-electron chi connectivity index (χ2n) is 5.63. The Morgan fingerprint density at radius 2 is 1.73 bits per heavy atom. The number of hydrogen-bond acceptors (Lipinski definition) is 4. The zero-order valence-corrected chi connectivity index (χ0v) is 14.2. The van der Waals surface area contributed by atoms with Crippen LogP contribution in [0.3, 0.4) is 0 Å². The summed E-state index contributed by atoms with van der Waals surface area (Å²) < 4.78 is 28.4. The third-order valence-corrected chi connectivity index (χ3v) is 5.01. The largest absolute Gasteiger partial charge is 0.335 e. The predicted molar refractivity (Wildman–Crippen MR) is 99.1 cm³/mol. The number of anilines is 2. The minimum atomic E-state index is -0.711. The van der Waals surface area contributed by atoms with Crippen molar-refractivity contribution in [2.75, 3.05) is 5.32 Å². The van der Waals surface area contributed by atoms with E-state index in [2.05, 4.69) is 10.3 Å². The van der Waals surface area contributed by atoms with Gasteiger partial charge >= 0.3 is 0 Å². The number of fused-ring (bicyclic) bond motifs is 1. The van der Waals surface area contributed by atoms with E-state index in [0.717, 1.165) is 22.2 Å². The van der Waals surface area contributed by atoms with Gasteiger partial charge in [0.2, 0.25) is 5.78 Å². The van der Waals surface area contributed by atoms with Gasteiger partial charge in [-0.05, 0) is 41.8 Å². The van der Waals surface area contributed by atoms with Gasteiger partial charge in [-0.1, -0.05) is 24.3 Å². The van der Waals surface area contributed by atoms with Gasteiger partial charge in [-0.3, -0.25) is 4.79 Å². The smallest absolute Gasteiger partial charge is 0.204 e. The van der Waals surface area contributed by atoms with Crippen LogP contribution in [0.5, 0.6) is 0 Å². The number of hydrogen-bond donors (Lipinski definition) is 1. The van der Waals surface area contributed by atoms with Crippen LogP contribution in [0, 0.1) is 11.6 Å². The normalized spacial score (nSPS) is 10.8. The van der Waals surface area contributed by atoms with E-state index in [1.165, 1.54) is 29.7 Å². The Hall–Kier alpha value is -3.12. The first-order chi connectivity index (χ1) is 12.6. The molecule has 0 atom stereocenters. The van der Waals surface area contributed by atoms with Gasteiger partial charge in [-0.2, -0.15) is 0 Å². The summed E-state index contributed by atoms with van der Waals surface area (Å²) >= 11 is 1.42. The molecular formula is C20H12F2N2OS. The van der Waals surface area contributed by atoms with Crippen molar-refractivity contribution in [3.63, 3.8) is 0 Å². The van der Waals surface area contributed by atoms with Gasteiger partial charge in [-0.15, -0.1) is 11.3 Å². The predicted octanol–water partition coefficient (Wildman–Crippen LogP) is 5.55. The summed E-state index contributed by atoms with van der Waals surface area (Å²) in [7, 11) is 0. The standard InChI is InChI=1S/C20H12F2N2OS/c21-14-5-3-6-15(22)19(14)24-18-9-8-13(11-23-18)20(25)17-10-12-4-1-2-7-16(12)26-17/h1-11H,(H,23,24). The molecule has 0 spiro atoms. The Bertz CT molecular complexity index is 1050. The van der Waals surface area contributed by atoms with Crippen LogP contribution in [-0.2, 0) is 0 Å². The number of nitrogens with zero attached hydrogens (tertiary/aromatic N) is 1. The summed E-state index contributed by atoms with van der Waals surface area (Å²) in [6, 6.07) is 16.3. The first-order valence-corrected chi connectivity index (χ1v) is 8.64. The molecule has 2 heterocycles. The number of carbonyl (C=O) groups excluding carboxylic acids is 1. The SMILES string of the molecule is O=C(c1ccc(Nc2c(F)cccc2F)nc1)c1cc2ccccc2s1. The summed E-state index contributed by atoms with van der Waals surface area (Å²) in [5, 5.41) is 3.61. The van der Waals surface area contributed by atoms with Crippen molar-refractivity contribution < 1.29 is 13.6 Å². The van der Waals surface area contributed by atoms with E-state index >= 15 is 0 Å². The fourth-order valence-electron chi connectivity index (χ4n) is 2.58. The molecule has 0 bridgehead atoms. The van der Waals surface area contributed by atoms with Crippen molar-refractivity contribution >= 4 is 38.7 Å². The fourth-order valence-corrected chi connectivity index (χ4v) is 3.61. The van der Waals surface area contributed by atoms with Crippen LogP contribution < -0.4 is 5.32 Å². The number of nitrogens with one attached hydrogen (secondary N) is 1. The molecule has 2 aromatic heterocycles. The molecule has 0 fully saturated rings. The van der Waals surface area contributed by atoms with Crippen LogP contribution >= 0.6 is 11.3 Å². The topological polar surface area (TPSA) is 42.0 Å². The zero-order chi connectivity index (χ0) is 18.1. The Morgan fingerprint density at radius 3 is 2.42 bits per heavy atom. The Balaban J connectivity index is 1.58. The molecule has 26 heavy (non-hydrogen) atoms. The minimum absolute atomic E-state index is 0.137. The number of aromatic nitrogens is 1. The van der Waals surface area contributed by atoms with Gasteiger partial charge in [0.05, 0.1) is 4.88 Å². The van der Waals surface area contributed by atoms with Gasteiger partial charge in [0, 0.05) is 16.5 Å². The highest BCUT2D eigenvalue weighted by Gasteiger charge is 2.14. The number of benzene rings is 2. The number of thiophene rings is 1. The molecular weight excluding hydrogens is 354 g/mol. The lowest BCUT2D eigenvalue weighted by Gasteiger charge is -2.08. The molecule has 1 N–H and O–H groups in total. The van der Waals surface area contributed by atoms with Gasteiger partial charge in [0.1, 0.15) is 23.1 Å². The number of pyridine rings is 1. The van der Waals surface area contributed by atoms with E-state index in [0.29, 0.717) is 10.4 Å². The molecule has 0 unspecified atom stereocenters. The first kappa shape index (κ1) is 16.4. The average molecular weight is 366 g/mol. The number of carbonyl (C=O) groups is 1. The molecule has 0 saturated heterocycles. The molecule has 0 aliphatic carbocycles. The number of ketones is 1. The molecule has 0 aliphatic heterocycles. The number of halogens is 2. The van der Waals surface area contributed by atoms with Crippen molar-refractivity contribution in [2.45, 2.75) is 0 Å². The summed E-state index contributed by atoms with van der Waals surface area (Å²) in [4.78, 5) is 17.3. The van der Waals surface area contributed by atoms with Crippen molar-refractivity contribution in [2.24, 2.45) is 0 Å². The molecule has 0 aliphatic rings. The van der Waals surface area contributed by atoms with Crippen molar-refractivity contribution in [1.82, 2.24) is 4.98 Å². The number of rotatable bonds is 4. The summed E-state index contributed by atoms with van der Waals surface area (Å²) in [6.45, 7) is 0. The van der Waals surface area contributed by atoms with Crippen molar-refractivity contribution in [1.29, 1.82) is 0 Å². The third kappa shape index (κ3) is 3.07. The molecule has 0 saturated carbocycles. The lowest BCUT2D eigenvalue weighted by molar-refractivity contribution is 0.104. The maximum atomic E-state index is 13.7. The Morgan fingerprint density at radius 1 is 0.962 bits per heavy atom. The van der Waals surface area contributed by atoms with Crippen LogP contribution in [0.1, 0.15) is 15.2 Å². The molecule has 4 rings (SSSR count). The van der Waals surface area contributed by atoms with Crippen molar-refractivity contribution in [3.05, 3.63) is 88.9 Å². The summed E-state index contributed by atoms with van der Waals surface area (Å²) in [5.74, 6) is -1.31. The second kappa shape index (κ2) is 6.65. The molecule has 2 aromatic carbocycles. The first-order valence-electron chi connectivity index (χ1n) is 7.82. The van der Waals surface area contributed by atoms with Crippen molar-refractivity contribution in [3.8, 4) is 0 Å². The second-order valence-corrected chi connectivity index (χ2v) is 6.72. The van der Waals surface area contributed by atoms with Crippen LogP contribution in [0.4, 0.5) is 20.3 Å². The quantitative estimate of drug-likeness (QED) is 0.482. The van der Waals surface area contributed by atoms with Crippen LogP contribution in [0.2, 0.25) is 0 Å². The van der Waals surface area contributed by atoms with Gasteiger partial charge in [-0.25, -0.2) is 13.8 Å². The molecule has 3 nitrogen and oxygen atoms in total. The molecule has 128 valence electrons. The third-order valence-electron chi connectivity index (χ3n) is 3.89. The van der Waals surface area contributed by atoms with E-state index in [1.807, 2.05) is 30.3 Å². The number of para-hydroxylation sites is 1. The van der Waals surface area contributed by atoms with Crippen LogP contribution in [-0.4, -0.2) is 10.8 Å². The highest BCUT2D eigenvalue weighted by Crippen LogP contribution is 2.27. The van der Waals surface area contributed by atoms with E-state index < -0.39 is 11.6 Å². The summed E-state index contributed by atoms with van der Waals surface area (Å²) in [5.41, 5.74) is 0.139. The molecule has 0 radical (unpaired) electrons. The van der Waals surface area contributed by atoms with Gasteiger partial charge < -0.3 is 5.32 Å². The zero-order valence-electron chi connectivity index (χ0n) is 13.4.